The molecule has 0 aromatic rings. The fourth-order valence-electron chi connectivity index (χ4n) is 5.06. The van der Waals surface area contributed by atoms with E-state index in [1.807, 2.05) is 4.90 Å². The molecule has 29 heavy (non-hydrogen) atoms. The predicted molar refractivity (Wildman–Crippen MR) is 105 cm³/mol. The molecule has 11 heteroatoms. The summed E-state index contributed by atoms with van der Waals surface area (Å²) in [6.45, 7) is 6.75. The Hall–Kier alpha value is -1.37. The van der Waals surface area contributed by atoms with Gasteiger partial charge < -0.3 is 21.3 Å². The van der Waals surface area contributed by atoms with E-state index >= 15 is 0 Å². The summed E-state index contributed by atoms with van der Waals surface area (Å²) in [6, 6.07) is 0.199. The van der Waals surface area contributed by atoms with Gasteiger partial charge in [0.15, 0.2) is 0 Å². The number of carbonyl (C=O) groups excluding carboxylic acids is 2. The second-order valence-corrected chi connectivity index (χ2v) is 8.50. The number of piperazine rings is 1. The van der Waals surface area contributed by atoms with Crippen molar-refractivity contribution < 1.29 is 14.0 Å². The van der Waals surface area contributed by atoms with Gasteiger partial charge in [-0.3, -0.25) is 19.8 Å². The molecule has 4 rings (SSSR count). The van der Waals surface area contributed by atoms with E-state index in [1.54, 1.807) is 11.9 Å². The summed E-state index contributed by atoms with van der Waals surface area (Å²) in [7, 11) is 0. The van der Waals surface area contributed by atoms with Gasteiger partial charge in [0.05, 0.1) is 24.3 Å². The zero-order valence-electron chi connectivity index (χ0n) is 16.9. The minimum atomic E-state index is -0.978. The number of nitrogens with one attached hydrogen (secondary N) is 4. The van der Waals surface area contributed by atoms with Gasteiger partial charge >= 0.3 is 0 Å². The number of hydrogen-bond donors (Lipinski definition) is 5. The van der Waals surface area contributed by atoms with Crippen molar-refractivity contribution in [1.82, 2.24) is 36.2 Å². The fourth-order valence-corrected chi connectivity index (χ4v) is 5.06. The van der Waals surface area contributed by atoms with Crippen LogP contribution in [-0.4, -0.2) is 110 Å². The summed E-state index contributed by atoms with van der Waals surface area (Å²) in [5.41, 5.74) is 9.20. The summed E-state index contributed by atoms with van der Waals surface area (Å²) < 4.78 is 13.7. The third-order valence-corrected chi connectivity index (χ3v) is 6.63. The lowest BCUT2D eigenvalue weighted by molar-refractivity contribution is -0.131. The van der Waals surface area contributed by atoms with Crippen LogP contribution >= 0.6 is 0 Å². The number of hydrogen-bond acceptors (Lipinski definition) is 8. The number of fused-ring (bicyclic) bond motifs is 1. The van der Waals surface area contributed by atoms with Crippen molar-refractivity contribution in [3.8, 4) is 0 Å². The lowest BCUT2D eigenvalue weighted by Crippen LogP contribution is -2.65. The molecular formula is C18H33FN8O2. The van der Waals surface area contributed by atoms with Crippen LogP contribution in [-0.2, 0) is 9.59 Å². The van der Waals surface area contributed by atoms with Crippen molar-refractivity contribution >= 4 is 11.8 Å². The van der Waals surface area contributed by atoms with E-state index < -0.39 is 18.3 Å². The molecule has 0 spiro atoms. The smallest absolute Gasteiger partial charge is 0.229 e. The molecule has 4 heterocycles. The molecule has 2 amide bonds. The average molecular weight is 413 g/mol. The molecule has 0 saturated carbocycles. The number of nitrogens with two attached hydrogens (primary N) is 1. The molecule has 164 valence electrons. The van der Waals surface area contributed by atoms with Crippen LogP contribution in [0.15, 0.2) is 0 Å². The zero-order chi connectivity index (χ0) is 20.5. The maximum atomic E-state index is 13.7. The highest BCUT2D eigenvalue weighted by Gasteiger charge is 2.47. The van der Waals surface area contributed by atoms with E-state index in [2.05, 4.69) is 26.3 Å². The number of rotatable bonds is 3. The van der Waals surface area contributed by atoms with Crippen molar-refractivity contribution in [1.29, 1.82) is 0 Å². The van der Waals surface area contributed by atoms with Gasteiger partial charge in [-0.25, -0.2) is 14.8 Å². The molecule has 0 aromatic carbocycles. The summed E-state index contributed by atoms with van der Waals surface area (Å²) >= 11 is 0. The molecule has 4 saturated heterocycles. The van der Waals surface area contributed by atoms with Crippen LogP contribution in [0.5, 0.6) is 0 Å². The van der Waals surface area contributed by atoms with Crippen molar-refractivity contribution in [3.05, 3.63) is 0 Å². The number of amides is 2. The van der Waals surface area contributed by atoms with E-state index in [0.29, 0.717) is 6.54 Å². The Morgan fingerprint density at radius 1 is 1.17 bits per heavy atom. The molecule has 6 atom stereocenters. The first-order valence-corrected chi connectivity index (χ1v) is 10.6. The van der Waals surface area contributed by atoms with Crippen molar-refractivity contribution in [2.45, 2.75) is 43.9 Å². The first-order chi connectivity index (χ1) is 13.9. The summed E-state index contributed by atoms with van der Waals surface area (Å²) in [5, 5.41) is 11.4. The van der Waals surface area contributed by atoms with Crippen molar-refractivity contribution in [2.24, 2.45) is 11.7 Å². The van der Waals surface area contributed by atoms with Gasteiger partial charge in [-0.05, 0) is 13.0 Å². The first kappa shape index (κ1) is 20.9. The Morgan fingerprint density at radius 3 is 2.66 bits per heavy atom. The third-order valence-electron chi connectivity index (χ3n) is 6.63. The third kappa shape index (κ3) is 4.39. The number of nitrogens with zero attached hydrogens (tertiary/aromatic N) is 3. The maximum Gasteiger partial charge on any atom is 0.229 e. The van der Waals surface area contributed by atoms with E-state index in [9.17, 15) is 14.0 Å². The SMILES string of the molecule is CC(=O)N1CCN(C2CCNCC2NC(=O)C2C(N)NN3CC(F)CNC23)CC1. The molecule has 0 aliphatic carbocycles. The van der Waals surface area contributed by atoms with E-state index in [0.717, 1.165) is 39.1 Å². The van der Waals surface area contributed by atoms with Gasteiger partial charge in [0.2, 0.25) is 11.8 Å². The number of alkyl halides is 1. The molecule has 0 radical (unpaired) electrons. The normalized spacial score (nSPS) is 39.2. The molecule has 4 aliphatic rings. The summed E-state index contributed by atoms with van der Waals surface area (Å²) in [4.78, 5) is 29.0. The second kappa shape index (κ2) is 8.78. The lowest BCUT2D eigenvalue weighted by Gasteiger charge is -2.44. The Kier molecular flexibility index (Phi) is 6.32. The monoisotopic (exact) mass is 412 g/mol. The van der Waals surface area contributed by atoms with Crippen LogP contribution in [0.2, 0.25) is 0 Å². The Bertz CT molecular complexity index is 617. The number of halogens is 1. The molecule has 6 N–H and O–H groups in total. The van der Waals surface area contributed by atoms with E-state index in [-0.39, 0.29) is 43.2 Å². The maximum absolute atomic E-state index is 13.7. The molecule has 0 bridgehead atoms. The number of carbonyl (C=O) groups is 2. The van der Waals surface area contributed by atoms with Crippen LogP contribution in [0.4, 0.5) is 4.39 Å². The second-order valence-electron chi connectivity index (χ2n) is 8.50. The van der Waals surface area contributed by atoms with Gasteiger partial charge in [0.1, 0.15) is 6.17 Å². The fraction of sp³-hybridized carbons (Fsp3) is 0.889. The van der Waals surface area contributed by atoms with Gasteiger partial charge in [-0.2, -0.15) is 0 Å². The largest absolute Gasteiger partial charge is 0.350 e. The van der Waals surface area contributed by atoms with Crippen LogP contribution in [0.1, 0.15) is 13.3 Å². The van der Waals surface area contributed by atoms with Gasteiger partial charge in [0, 0.05) is 58.8 Å². The highest BCUT2D eigenvalue weighted by molar-refractivity contribution is 5.81. The topological polar surface area (TPSA) is 118 Å². The Morgan fingerprint density at radius 2 is 1.93 bits per heavy atom. The van der Waals surface area contributed by atoms with Crippen molar-refractivity contribution in [2.75, 3.05) is 52.4 Å². The van der Waals surface area contributed by atoms with Crippen LogP contribution < -0.4 is 27.1 Å². The molecular weight excluding hydrogens is 379 g/mol. The highest BCUT2D eigenvalue weighted by Crippen LogP contribution is 2.23. The molecule has 4 fully saturated rings. The zero-order valence-corrected chi connectivity index (χ0v) is 16.9. The van der Waals surface area contributed by atoms with Crippen LogP contribution in [0.25, 0.3) is 0 Å². The molecule has 4 aliphatic heterocycles. The highest BCUT2D eigenvalue weighted by atomic mass is 19.1. The van der Waals surface area contributed by atoms with E-state index in [4.69, 9.17) is 5.73 Å². The van der Waals surface area contributed by atoms with Crippen LogP contribution in [0, 0.1) is 5.92 Å². The minimum absolute atomic E-state index is 0.0288. The minimum Gasteiger partial charge on any atom is -0.350 e. The molecule has 0 aromatic heterocycles. The number of piperidine rings is 1. The molecule has 10 nitrogen and oxygen atoms in total. The Labute approximate surface area is 170 Å². The predicted octanol–water partition coefficient (Wildman–Crippen LogP) is -3.01. The van der Waals surface area contributed by atoms with Gasteiger partial charge in [0.25, 0.3) is 0 Å². The standard InChI is InChI=1S/C18H33FN8O2/c1-11(28)25-4-6-26(7-5-25)14-2-3-21-9-13(14)23-18(29)15-16(20)24-27-10-12(19)8-22-17(15)27/h12-17,21-22,24H,2-10,20H2,1H3,(H,23,29). The molecule has 6 unspecified atom stereocenters. The van der Waals surface area contributed by atoms with Gasteiger partial charge in [-0.1, -0.05) is 0 Å². The van der Waals surface area contributed by atoms with E-state index in [1.165, 1.54) is 0 Å². The lowest BCUT2D eigenvalue weighted by atomic mass is 9.95. The quantitative estimate of drug-likeness (QED) is 0.333. The van der Waals surface area contributed by atoms with Crippen molar-refractivity contribution in [3.63, 3.8) is 0 Å². The van der Waals surface area contributed by atoms with Gasteiger partial charge in [-0.15, -0.1) is 0 Å². The summed E-state index contributed by atoms with van der Waals surface area (Å²) in [5.74, 6) is -0.481. The summed E-state index contributed by atoms with van der Waals surface area (Å²) in [6.07, 6.45) is -0.886. The Balaban J connectivity index is 1.38. The van der Waals surface area contributed by atoms with Crippen LogP contribution in [0.3, 0.4) is 0 Å². The average Bonchev–Trinajstić information content (AvgIpc) is 3.03. The first-order valence-electron chi connectivity index (χ1n) is 10.6. The number of hydrazine groups is 1.